The molecule has 1 heterocycles. The smallest absolute Gasteiger partial charge is 0.126 e. The van der Waals surface area contributed by atoms with Gasteiger partial charge in [0.2, 0.25) is 0 Å². The largest absolute Gasteiger partial charge is 0.497 e. The zero-order valence-corrected chi connectivity index (χ0v) is 12.8. The van der Waals surface area contributed by atoms with E-state index in [1.165, 1.54) is 5.56 Å². The lowest BCUT2D eigenvalue weighted by molar-refractivity contribution is 0.290. The molecule has 4 heteroatoms. The summed E-state index contributed by atoms with van der Waals surface area (Å²) in [7, 11) is 5.89. The molecule has 1 aliphatic heterocycles. The fraction of sp³-hybridized carbons (Fsp3) is 0.625. The van der Waals surface area contributed by atoms with Crippen molar-refractivity contribution in [2.45, 2.75) is 24.7 Å². The van der Waals surface area contributed by atoms with Crippen molar-refractivity contribution in [3.8, 4) is 11.5 Å². The first kappa shape index (κ1) is 15.1. The zero-order chi connectivity index (χ0) is 14.6. The first-order chi connectivity index (χ1) is 9.61. The molecular formula is C16H26N2O2. The number of nitrogens with zero attached hydrogens (tertiary/aromatic N) is 1. The van der Waals surface area contributed by atoms with Crippen molar-refractivity contribution in [2.24, 2.45) is 5.73 Å². The van der Waals surface area contributed by atoms with Crippen molar-refractivity contribution < 1.29 is 9.47 Å². The highest BCUT2D eigenvalue weighted by atomic mass is 16.5. The van der Waals surface area contributed by atoms with Crippen LogP contribution in [-0.4, -0.2) is 45.8 Å². The second-order valence-corrected chi connectivity index (χ2v) is 5.85. The highest BCUT2D eigenvalue weighted by Crippen LogP contribution is 2.41. The Morgan fingerprint density at radius 3 is 2.85 bits per heavy atom. The summed E-state index contributed by atoms with van der Waals surface area (Å²) in [5.74, 6) is 1.77. The Balaban J connectivity index is 2.37. The van der Waals surface area contributed by atoms with Gasteiger partial charge in [-0.2, -0.15) is 0 Å². The average molecular weight is 278 g/mol. The molecule has 2 rings (SSSR count). The lowest BCUT2D eigenvalue weighted by Crippen LogP contribution is -2.37. The van der Waals surface area contributed by atoms with Crippen LogP contribution in [0.4, 0.5) is 0 Å². The maximum atomic E-state index is 6.17. The molecule has 112 valence electrons. The van der Waals surface area contributed by atoms with Gasteiger partial charge >= 0.3 is 0 Å². The quantitative estimate of drug-likeness (QED) is 0.895. The number of nitrogens with two attached hydrogens (primary N) is 1. The molecule has 1 unspecified atom stereocenters. The highest BCUT2D eigenvalue weighted by molar-refractivity contribution is 5.46. The van der Waals surface area contributed by atoms with Crippen LogP contribution in [0.3, 0.4) is 0 Å². The van der Waals surface area contributed by atoms with E-state index in [0.29, 0.717) is 6.54 Å². The number of fused-ring (bicyclic) bond motifs is 1. The van der Waals surface area contributed by atoms with Crippen LogP contribution in [0, 0.1) is 0 Å². The second kappa shape index (κ2) is 6.46. The number of ether oxygens (including phenoxy) is 2. The zero-order valence-electron chi connectivity index (χ0n) is 12.8. The minimum absolute atomic E-state index is 0.0162. The number of hydrogen-bond acceptors (Lipinski definition) is 4. The van der Waals surface area contributed by atoms with Gasteiger partial charge in [0.1, 0.15) is 11.5 Å². The van der Waals surface area contributed by atoms with Crippen LogP contribution >= 0.6 is 0 Å². The van der Waals surface area contributed by atoms with Crippen molar-refractivity contribution in [1.29, 1.82) is 0 Å². The summed E-state index contributed by atoms with van der Waals surface area (Å²) in [5.41, 5.74) is 7.43. The molecule has 4 nitrogen and oxygen atoms in total. The van der Waals surface area contributed by atoms with Gasteiger partial charge in [0.15, 0.2) is 0 Å². The molecule has 0 amide bonds. The van der Waals surface area contributed by atoms with Crippen LogP contribution in [0.15, 0.2) is 18.2 Å². The van der Waals surface area contributed by atoms with Crippen molar-refractivity contribution in [2.75, 3.05) is 40.9 Å². The van der Waals surface area contributed by atoms with Crippen LogP contribution in [0.2, 0.25) is 0 Å². The normalized spacial score (nSPS) is 22.1. The SMILES string of the molecule is COc1ccc2c(c1)OCCCC2(CN)CCN(C)C. The minimum atomic E-state index is 0.0162. The summed E-state index contributed by atoms with van der Waals surface area (Å²) >= 11 is 0. The van der Waals surface area contributed by atoms with Gasteiger partial charge in [0.05, 0.1) is 13.7 Å². The van der Waals surface area contributed by atoms with Crippen LogP contribution < -0.4 is 15.2 Å². The number of benzene rings is 1. The number of methoxy groups -OCH3 is 1. The lowest BCUT2D eigenvalue weighted by atomic mass is 9.74. The summed E-state index contributed by atoms with van der Waals surface area (Å²) in [6, 6.07) is 6.12. The van der Waals surface area contributed by atoms with Crippen molar-refractivity contribution >= 4 is 0 Å². The Morgan fingerprint density at radius 1 is 1.40 bits per heavy atom. The van der Waals surface area contributed by atoms with E-state index in [1.54, 1.807) is 7.11 Å². The molecule has 1 aromatic carbocycles. The van der Waals surface area contributed by atoms with Crippen LogP contribution in [-0.2, 0) is 5.41 Å². The van der Waals surface area contributed by atoms with Gasteiger partial charge in [0.25, 0.3) is 0 Å². The standard InChI is InChI=1S/C16H26N2O2/c1-18(2)9-8-16(12-17)7-4-10-20-15-11-13(19-3)5-6-14(15)16/h5-6,11H,4,7-10,12,17H2,1-3H3. The molecule has 1 aliphatic rings. The van der Waals surface area contributed by atoms with Gasteiger partial charge in [-0.25, -0.2) is 0 Å². The van der Waals surface area contributed by atoms with Crippen LogP contribution in [0.5, 0.6) is 11.5 Å². The second-order valence-electron chi connectivity index (χ2n) is 5.85. The first-order valence-corrected chi connectivity index (χ1v) is 7.27. The molecule has 1 aromatic rings. The Kier molecular flexibility index (Phi) is 4.89. The molecule has 0 saturated heterocycles. The highest BCUT2D eigenvalue weighted by Gasteiger charge is 2.35. The third-order valence-corrected chi connectivity index (χ3v) is 4.25. The van der Waals surface area contributed by atoms with E-state index >= 15 is 0 Å². The summed E-state index contributed by atoms with van der Waals surface area (Å²) in [5, 5.41) is 0. The molecule has 0 radical (unpaired) electrons. The summed E-state index contributed by atoms with van der Waals surface area (Å²) in [4.78, 5) is 2.21. The lowest BCUT2D eigenvalue weighted by Gasteiger charge is -2.33. The average Bonchev–Trinajstić information content (AvgIpc) is 2.64. The van der Waals surface area contributed by atoms with E-state index in [9.17, 15) is 0 Å². The van der Waals surface area contributed by atoms with Gasteiger partial charge in [-0.15, -0.1) is 0 Å². The molecule has 1 atom stereocenters. The third-order valence-electron chi connectivity index (χ3n) is 4.25. The van der Waals surface area contributed by atoms with Gasteiger partial charge < -0.3 is 20.1 Å². The Morgan fingerprint density at radius 2 is 2.20 bits per heavy atom. The summed E-state index contributed by atoms with van der Waals surface area (Å²) in [6.07, 6.45) is 3.18. The van der Waals surface area contributed by atoms with E-state index in [1.807, 2.05) is 12.1 Å². The fourth-order valence-corrected chi connectivity index (χ4v) is 2.93. The van der Waals surface area contributed by atoms with E-state index in [0.717, 1.165) is 43.9 Å². The molecule has 0 spiro atoms. The Bertz CT molecular complexity index is 448. The Labute approximate surface area is 121 Å². The fourth-order valence-electron chi connectivity index (χ4n) is 2.93. The molecule has 0 aliphatic carbocycles. The molecule has 20 heavy (non-hydrogen) atoms. The molecular weight excluding hydrogens is 252 g/mol. The number of hydrogen-bond donors (Lipinski definition) is 1. The predicted octanol–water partition coefficient (Wildman–Crippen LogP) is 2.02. The van der Waals surface area contributed by atoms with Crippen molar-refractivity contribution in [1.82, 2.24) is 4.90 Å². The minimum Gasteiger partial charge on any atom is -0.497 e. The maximum Gasteiger partial charge on any atom is 0.126 e. The van der Waals surface area contributed by atoms with Crippen LogP contribution in [0.25, 0.3) is 0 Å². The van der Waals surface area contributed by atoms with Gasteiger partial charge in [-0.3, -0.25) is 0 Å². The van der Waals surface area contributed by atoms with Gasteiger partial charge in [-0.05, 0) is 46.0 Å². The van der Waals surface area contributed by atoms with Gasteiger partial charge in [-0.1, -0.05) is 6.07 Å². The monoisotopic (exact) mass is 278 g/mol. The van der Waals surface area contributed by atoms with Crippen LogP contribution in [0.1, 0.15) is 24.8 Å². The predicted molar refractivity (Wildman–Crippen MR) is 81.6 cm³/mol. The van der Waals surface area contributed by atoms with E-state index in [2.05, 4.69) is 25.1 Å². The topological polar surface area (TPSA) is 47.7 Å². The van der Waals surface area contributed by atoms with E-state index in [-0.39, 0.29) is 5.41 Å². The van der Waals surface area contributed by atoms with Crippen molar-refractivity contribution in [3.63, 3.8) is 0 Å². The molecule has 0 fully saturated rings. The first-order valence-electron chi connectivity index (χ1n) is 7.27. The summed E-state index contributed by atoms with van der Waals surface area (Å²) in [6.45, 7) is 2.44. The molecule has 2 N–H and O–H groups in total. The summed E-state index contributed by atoms with van der Waals surface area (Å²) < 4.78 is 11.2. The maximum absolute atomic E-state index is 6.17. The van der Waals surface area contributed by atoms with E-state index < -0.39 is 0 Å². The third kappa shape index (κ3) is 3.07. The molecule has 0 saturated carbocycles. The van der Waals surface area contributed by atoms with Crippen molar-refractivity contribution in [3.05, 3.63) is 23.8 Å². The Hall–Kier alpha value is -1.26. The number of rotatable bonds is 5. The molecule has 0 bridgehead atoms. The molecule has 0 aromatic heterocycles. The van der Waals surface area contributed by atoms with E-state index in [4.69, 9.17) is 15.2 Å². The van der Waals surface area contributed by atoms with Gasteiger partial charge in [0, 0.05) is 23.6 Å².